The molecule has 2 fully saturated rings. The summed E-state index contributed by atoms with van der Waals surface area (Å²) in [5, 5.41) is 3.29. The number of amides is 2. The predicted octanol–water partition coefficient (Wildman–Crippen LogP) is 1.75. The Labute approximate surface area is 207 Å². The molecule has 0 radical (unpaired) electrons. The topological polar surface area (TPSA) is 74.4 Å². The van der Waals surface area contributed by atoms with E-state index in [0.29, 0.717) is 32.6 Å². The molecule has 2 aromatic carbocycles. The Balaban J connectivity index is 1.59. The summed E-state index contributed by atoms with van der Waals surface area (Å²) < 4.78 is 10.6. The van der Waals surface area contributed by atoms with E-state index in [0.717, 1.165) is 30.9 Å². The highest BCUT2D eigenvalue weighted by Gasteiger charge is 2.43. The summed E-state index contributed by atoms with van der Waals surface area (Å²) in [4.78, 5) is 32.5. The number of methoxy groups -OCH3 is 2. The Morgan fingerprint density at radius 3 is 2.43 bits per heavy atom. The molecule has 2 atom stereocenters. The van der Waals surface area contributed by atoms with Crippen LogP contribution in [0.15, 0.2) is 54.6 Å². The van der Waals surface area contributed by atoms with Gasteiger partial charge in [-0.3, -0.25) is 14.5 Å². The Hall–Kier alpha value is -2.94. The maximum atomic E-state index is 13.5. The first-order valence-corrected chi connectivity index (χ1v) is 12.3. The first-order chi connectivity index (χ1) is 17.1. The molecule has 0 bridgehead atoms. The number of likely N-dealkylation sites (tertiary alicyclic amines) is 1. The Bertz CT molecular complexity index is 980. The van der Waals surface area contributed by atoms with Crippen LogP contribution in [0.4, 0.5) is 0 Å². The fraction of sp³-hybridized carbons (Fsp3) is 0.481. The van der Waals surface area contributed by atoms with Crippen LogP contribution in [0, 0.1) is 0 Å². The van der Waals surface area contributed by atoms with Gasteiger partial charge in [-0.25, -0.2) is 0 Å². The number of carbonyl (C=O) groups excluding carboxylic acids is 2. The second-order valence-electron chi connectivity index (χ2n) is 9.20. The fourth-order valence-electron chi connectivity index (χ4n) is 5.03. The fourth-order valence-corrected chi connectivity index (χ4v) is 5.03. The third-order valence-corrected chi connectivity index (χ3v) is 6.85. The first kappa shape index (κ1) is 25.2. The van der Waals surface area contributed by atoms with Gasteiger partial charge in [0.15, 0.2) is 0 Å². The van der Waals surface area contributed by atoms with E-state index in [-0.39, 0.29) is 24.5 Å². The van der Waals surface area contributed by atoms with E-state index in [1.807, 2.05) is 41.3 Å². The van der Waals surface area contributed by atoms with Crippen LogP contribution in [0.2, 0.25) is 0 Å². The van der Waals surface area contributed by atoms with Gasteiger partial charge in [-0.2, -0.15) is 0 Å². The van der Waals surface area contributed by atoms with E-state index in [1.54, 1.807) is 12.0 Å². The average molecular weight is 481 g/mol. The summed E-state index contributed by atoms with van der Waals surface area (Å²) in [5.74, 6) is 0.723. The van der Waals surface area contributed by atoms with Gasteiger partial charge in [-0.1, -0.05) is 42.5 Å². The smallest absolute Gasteiger partial charge is 0.249 e. The molecule has 2 unspecified atom stereocenters. The lowest BCUT2D eigenvalue weighted by Crippen LogP contribution is -2.53. The van der Waals surface area contributed by atoms with Gasteiger partial charge in [-0.05, 0) is 29.7 Å². The Kier molecular flexibility index (Phi) is 8.74. The highest BCUT2D eigenvalue weighted by Crippen LogP contribution is 2.28. The van der Waals surface area contributed by atoms with E-state index < -0.39 is 6.04 Å². The van der Waals surface area contributed by atoms with Gasteiger partial charge >= 0.3 is 0 Å². The minimum absolute atomic E-state index is 0.0212. The van der Waals surface area contributed by atoms with E-state index in [4.69, 9.17) is 9.47 Å². The molecule has 4 rings (SSSR count). The third kappa shape index (κ3) is 6.39. The number of nitrogens with zero attached hydrogens (tertiary/aromatic N) is 3. The van der Waals surface area contributed by atoms with E-state index in [2.05, 4.69) is 28.4 Å². The number of carbonyl (C=O) groups is 2. The van der Waals surface area contributed by atoms with Crippen molar-refractivity contribution in [1.82, 2.24) is 20.0 Å². The molecule has 2 heterocycles. The van der Waals surface area contributed by atoms with Gasteiger partial charge < -0.3 is 24.6 Å². The molecule has 1 N–H and O–H groups in total. The van der Waals surface area contributed by atoms with Crippen LogP contribution in [0.3, 0.4) is 0 Å². The van der Waals surface area contributed by atoms with Gasteiger partial charge in [-0.15, -0.1) is 0 Å². The van der Waals surface area contributed by atoms with Crippen molar-refractivity contribution in [3.05, 3.63) is 65.7 Å². The molecule has 2 aliphatic heterocycles. The molecule has 8 heteroatoms. The zero-order valence-electron chi connectivity index (χ0n) is 20.7. The number of hydrogen-bond acceptors (Lipinski definition) is 6. The standard InChI is InChI=1S/C27H36N4O4/c1-34-20-26(32)31-19-23(16-25(31)27(33)29-13-11-28-12-14-29)30(17-21-7-4-3-5-8-21)18-22-9-6-10-24(15-22)35-2/h3-10,15,23,25,28H,11-14,16-20H2,1-2H3. The van der Waals surface area contributed by atoms with Crippen molar-refractivity contribution in [2.75, 3.05) is 53.6 Å². The molecule has 35 heavy (non-hydrogen) atoms. The van der Waals surface area contributed by atoms with Gasteiger partial charge in [0.05, 0.1) is 7.11 Å². The van der Waals surface area contributed by atoms with Gasteiger partial charge in [0, 0.05) is 59.0 Å². The SMILES string of the molecule is COCC(=O)N1CC(N(Cc2ccccc2)Cc2cccc(OC)c2)CC1C(=O)N1CCNCC1. The zero-order valence-corrected chi connectivity index (χ0v) is 20.7. The van der Waals surface area contributed by atoms with Crippen molar-refractivity contribution in [2.24, 2.45) is 0 Å². The van der Waals surface area contributed by atoms with Gasteiger partial charge in [0.25, 0.3) is 0 Å². The minimum atomic E-state index is -0.468. The molecule has 0 aromatic heterocycles. The molecular formula is C27H36N4O4. The lowest BCUT2D eigenvalue weighted by molar-refractivity contribution is -0.146. The summed E-state index contributed by atoms with van der Waals surface area (Å²) in [6.07, 6.45) is 0.606. The number of benzene rings is 2. The zero-order chi connectivity index (χ0) is 24.6. The lowest BCUT2D eigenvalue weighted by atomic mass is 10.1. The van der Waals surface area contributed by atoms with Crippen molar-refractivity contribution in [2.45, 2.75) is 31.6 Å². The summed E-state index contributed by atoms with van der Waals surface area (Å²) >= 11 is 0. The molecule has 2 saturated heterocycles. The van der Waals surface area contributed by atoms with Gasteiger partial charge in [0.2, 0.25) is 11.8 Å². The van der Waals surface area contributed by atoms with Gasteiger partial charge in [0.1, 0.15) is 18.4 Å². The summed E-state index contributed by atoms with van der Waals surface area (Å²) in [6.45, 7) is 4.80. The summed E-state index contributed by atoms with van der Waals surface area (Å²) in [6, 6.07) is 18.0. The van der Waals surface area contributed by atoms with Crippen molar-refractivity contribution < 1.29 is 19.1 Å². The average Bonchev–Trinajstić information content (AvgIpc) is 3.35. The molecule has 0 saturated carbocycles. The second-order valence-corrected chi connectivity index (χ2v) is 9.20. The van der Waals surface area contributed by atoms with Crippen molar-refractivity contribution in [3.63, 3.8) is 0 Å². The Morgan fingerprint density at radius 1 is 1.00 bits per heavy atom. The van der Waals surface area contributed by atoms with Crippen molar-refractivity contribution in [3.8, 4) is 5.75 Å². The molecule has 2 aliphatic rings. The third-order valence-electron chi connectivity index (χ3n) is 6.85. The lowest BCUT2D eigenvalue weighted by Gasteiger charge is -2.32. The molecule has 0 spiro atoms. The molecular weight excluding hydrogens is 444 g/mol. The Morgan fingerprint density at radius 2 is 1.71 bits per heavy atom. The maximum Gasteiger partial charge on any atom is 0.249 e. The highest BCUT2D eigenvalue weighted by molar-refractivity contribution is 5.89. The monoisotopic (exact) mass is 480 g/mol. The summed E-state index contributed by atoms with van der Waals surface area (Å²) in [7, 11) is 3.19. The van der Waals surface area contributed by atoms with Crippen LogP contribution in [-0.4, -0.2) is 92.1 Å². The second kappa shape index (κ2) is 12.2. The summed E-state index contributed by atoms with van der Waals surface area (Å²) in [5.41, 5.74) is 2.33. The highest BCUT2D eigenvalue weighted by atomic mass is 16.5. The molecule has 188 valence electrons. The number of rotatable bonds is 9. The number of ether oxygens (including phenoxy) is 2. The largest absolute Gasteiger partial charge is 0.497 e. The molecule has 0 aliphatic carbocycles. The molecule has 8 nitrogen and oxygen atoms in total. The van der Waals surface area contributed by atoms with Crippen LogP contribution in [-0.2, 0) is 27.4 Å². The number of piperazine rings is 1. The normalized spacial score (nSPS) is 20.3. The first-order valence-electron chi connectivity index (χ1n) is 12.3. The van der Waals surface area contributed by atoms with Crippen LogP contribution < -0.4 is 10.1 Å². The number of hydrogen-bond donors (Lipinski definition) is 1. The van der Waals surface area contributed by atoms with Crippen LogP contribution in [0.25, 0.3) is 0 Å². The number of nitrogens with one attached hydrogen (secondary N) is 1. The van der Waals surface area contributed by atoms with E-state index in [1.165, 1.54) is 12.7 Å². The van der Waals surface area contributed by atoms with E-state index in [9.17, 15) is 9.59 Å². The maximum absolute atomic E-state index is 13.5. The quantitative estimate of drug-likeness (QED) is 0.590. The van der Waals surface area contributed by atoms with Crippen LogP contribution in [0.5, 0.6) is 5.75 Å². The molecule has 2 aromatic rings. The van der Waals surface area contributed by atoms with Crippen LogP contribution >= 0.6 is 0 Å². The van der Waals surface area contributed by atoms with Crippen molar-refractivity contribution >= 4 is 11.8 Å². The minimum Gasteiger partial charge on any atom is -0.497 e. The van der Waals surface area contributed by atoms with Crippen LogP contribution in [0.1, 0.15) is 17.5 Å². The predicted molar refractivity (Wildman–Crippen MR) is 134 cm³/mol. The van der Waals surface area contributed by atoms with E-state index >= 15 is 0 Å². The van der Waals surface area contributed by atoms with Crippen molar-refractivity contribution in [1.29, 1.82) is 0 Å². The molecule has 2 amide bonds.